The van der Waals surface area contributed by atoms with Crippen molar-refractivity contribution in [2.24, 2.45) is 0 Å². The van der Waals surface area contributed by atoms with Crippen LogP contribution in [0.5, 0.6) is 0 Å². The van der Waals surface area contributed by atoms with Crippen molar-refractivity contribution in [1.29, 1.82) is 0 Å². The quantitative estimate of drug-likeness (QED) is 0.610. The highest BCUT2D eigenvalue weighted by Gasteiger charge is 2.02. The molecule has 0 radical (unpaired) electrons. The van der Waals surface area contributed by atoms with Gasteiger partial charge in [0.15, 0.2) is 0 Å². The first-order valence-electron chi connectivity index (χ1n) is 5.93. The predicted octanol–water partition coefficient (Wildman–Crippen LogP) is 2.72. The zero-order valence-corrected chi connectivity index (χ0v) is 12.3. The van der Waals surface area contributed by atoms with Crippen molar-refractivity contribution in [3.05, 3.63) is 33.4 Å². The molecule has 0 aromatic heterocycles. The molecular formula is C13H21IN2. The molecule has 3 heteroatoms. The van der Waals surface area contributed by atoms with Crippen LogP contribution >= 0.6 is 22.6 Å². The maximum Gasteiger partial charge on any atom is 0.0234 e. The fourth-order valence-electron chi connectivity index (χ4n) is 1.61. The Bertz CT molecular complexity index is 284. The summed E-state index contributed by atoms with van der Waals surface area (Å²) in [5.74, 6) is 0. The monoisotopic (exact) mass is 332 g/mol. The Morgan fingerprint density at radius 2 is 1.88 bits per heavy atom. The summed E-state index contributed by atoms with van der Waals surface area (Å²) in [5.41, 5.74) is 1.40. The number of halogens is 1. The molecule has 0 unspecified atom stereocenters. The second-order valence-electron chi connectivity index (χ2n) is 3.85. The van der Waals surface area contributed by atoms with E-state index in [1.54, 1.807) is 0 Å². The van der Waals surface area contributed by atoms with E-state index in [0.717, 1.165) is 32.7 Å². The van der Waals surface area contributed by atoms with Crippen molar-refractivity contribution < 1.29 is 0 Å². The molecule has 0 saturated carbocycles. The van der Waals surface area contributed by atoms with Crippen molar-refractivity contribution in [3.8, 4) is 0 Å². The van der Waals surface area contributed by atoms with Gasteiger partial charge in [-0.1, -0.05) is 26.0 Å². The molecule has 16 heavy (non-hydrogen) atoms. The summed E-state index contributed by atoms with van der Waals surface area (Å²) in [4.78, 5) is 2.46. The van der Waals surface area contributed by atoms with E-state index in [9.17, 15) is 0 Å². The molecule has 0 aliphatic carbocycles. The number of hydrogen-bond acceptors (Lipinski definition) is 2. The fourth-order valence-corrected chi connectivity index (χ4v) is 1.97. The summed E-state index contributed by atoms with van der Waals surface area (Å²) in [5, 5.41) is 3.37. The zero-order chi connectivity index (χ0) is 11.8. The van der Waals surface area contributed by atoms with E-state index in [-0.39, 0.29) is 0 Å². The van der Waals surface area contributed by atoms with Gasteiger partial charge in [0.05, 0.1) is 0 Å². The normalized spacial score (nSPS) is 11.0. The molecule has 90 valence electrons. The molecule has 1 aromatic carbocycles. The molecule has 1 rings (SSSR count). The molecule has 0 bridgehead atoms. The van der Waals surface area contributed by atoms with Crippen molar-refractivity contribution in [2.45, 2.75) is 20.4 Å². The van der Waals surface area contributed by atoms with Crippen LogP contribution in [0.25, 0.3) is 0 Å². The minimum absolute atomic E-state index is 1.05. The summed E-state index contributed by atoms with van der Waals surface area (Å²) in [6.07, 6.45) is 0. The number of rotatable bonds is 7. The van der Waals surface area contributed by atoms with Crippen LogP contribution in [0, 0.1) is 3.57 Å². The van der Waals surface area contributed by atoms with E-state index in [1.165, 1.54) is 9.13 Å². The van der Waals surface area contributed by atoms with Gasteiger partial charge >= 0.3 is 0 Å². The highest BCUT2D eigenvalue weighted by atomic mass is 127. The van der Waals surface area contributed by atoms with E-state index < -0.39 is 0 Å². The molecule has 0 spiro atoms. The summed E-state index contributed by atoms with van der Waals surface area (Å²) in [7, 11) is 0. The van der Waals surface area contributed by atoms with Crippen LogP contribution in [0.2, 0.25) is 0 Å². The van der Waals surface area contributed by atoms with Crippen LogP contribution in [0.1, 0.15) is 19.4 Å². The fraction of sp³-hybridized carbons (Fsp3) is 0.538. The van der Waals surface area contributed by atoms with Crippen LogP contribution in [0.3, 0.4) is 0 Å². The Morgan fingerprint density at radius 1 is 1.19 bits per heavy atom. The highest BCUT2D eigenvalue weighted by Crippen LogP contribution is 2.08. The summed E-state index contributed by atoms with van der Waals surface area (Å²) < 4.78 is 1.30. The van der Waals surface area contributed by atoms with Gasteiger partial charge in [-0.05, 0) is 53.4 Å². The van der Waals surface area contributed by atoms with Gasteiger partial charge in [0.1, 0.15) is 0 Å². The number of likely N-dealkylation sites (N-methyl/N-ethyl adjacent to an activating group) is 2. The van der Waals surface area contributed by atoms with E-state index in [4.69, 9.17) is 0 Å². The predicted molar refractivity (Wildman–Crippen MR) is 78.7 cm³/mol. The Balaban J connectivity index is 2.40. The van der Waals surface area contributed by atoms with Crippen LogP contribution in [0.15, 0.2) is 24.3 Å². The Kier molecular flexibility index (Phi) is 7.00. The topological polar surface area (TPSA) is 15.3 Å². The third-order valence-corrected chi connectivity index (χ3v) is 3.34. The second kappa shape index (κ2) is 8.03. The lowest BCUT2D eigenvalue weighted by Crippen LogP contribution is -2.31. The maximum atomic E-state index is 3.37. The molecule has 2 nitrogen and oxygen atoms in total. The van der Waals surface area contributed by atoms with Gasteiger partial charge < -0.3 is 5.32 Å². The Hall–Kier alpha value is -0.130. The SMILES string of the molecule is CCNCCN(CC)Cc1ccc(I)cc1. The van der Waals surface area contributed by atoms with Gasteiger partial charge in [-0.2, -0.15) is 0 Å². The summed E-state index contributed by atoms with van der Waals surface area (Å²) in [6, 6.07) is 8.79. The third kappa shape index (κ3) is 5.27. The third-order valence-electron chi connectivity index (χ3n) is 2.62. The minimum atomic E-state index is 1.05. The first-order valence-corrected chi connectivity index (χ1v) is 7.01. The van der Waals surface area contributed by atoms with Crippen LogP contribution in [-0.4, -0.2) is 31.1 Å². The van der Waals surface area contributed by atoms with E-state index in [2.05, 4.69) is 70.9 Å². The van der Waals surface area contributed by atoms with Crippen molar-refractivity contribution in [3.63, 3.8) is 0 Å². The first-order chi connectivity index (χ1) is 7.76. The van der Waals surface area contributed by atoms with Gasteiger partial charge in [-0.3, -0.25) is 4.90 Å². The van der Waals surface area contributed by atoms with Crippen molar-refractivity contribution in [2.75, 3.05) is 26.2 Å². The first kappa shape index (κ1) is 13.9. The molecule has 0 amide bonds. The molecule has 1 aromatic rings. The van der Waals surface area contributed by atoms with Crippen molar-refractivity contribution in [1.82, 2.24) is 10.2 Å². The Morgan fingerprint density at radius 3 is 2.44 bits per heavy atom. The van der Waals surface area contributed by atoms with Gasteiger partial charge in [-0.15, -0.1) is 0 Å². The van der Waals surface area contributed by atoms with Crippen LogP contribution in [0.4, 0.5) is 0 Å². The van der Waals surface area contributed by atoms with E-state index >= 15 is 0 Å². The minimum Gasteiger partial charge on any atom is -0.316 e. The van der Waals surface area contributed by atoms with Crippen molar-refractivity contribution >= 4 is 22.6 Å². The van der Waals surface area contributed by atoms with Gasteiger partial charge in [-0.25, -0.2) is 0 Å². The summed E-state index contributed by atoms with van der Waals surface area (Å²) in [6.45, 7) is 9.79. The molecule has 0 atom stereocenters. The van der Waals surface area contributed by atoms with Gasteiger partial charge in [0.2, 0.25) is 0 Å². The molecular weight excluding hydrogens is 311 g/mol. The largest absolute Gasteiger partial charge is 0.316 e. The number of nitrogens with one attached hydrogen (secondary N) is 1. The lowest BCUT2D eigenvalue weighted by atomic mass is 10.2. The average Bonchev–Trinajstić information content (AvgIpc) is 2.31. The van der Waals surface area contributed by atoms with Crippen LogP contribution < -0.4 is 5.32 Å². The van der Waals surface area contributed by atoms with Gasteiger partial charge in [0.25, 0.3) is 0 Å². The number of hydrogen-bond donors (Lipinski definition) is 1. The lowest BCUT2D eigenvalue weighted by Gasteiger charge is -2.20. The van der Waals surface area contributed by atoms with Gasteiger partial charge in [0, 0.05) is 23.2 Å². The molecule has 0 aliphatic heterocycles. The number of benzene rings is 1. The molecule has 0 heterocycles. The smallest absolute Gasteiger partial charge is 0.0234 e. The van der Waals surface area contributed by atoms with Crippen LogP contribution in [-0.2, 0) is 6.54 Å². The average molecular weight is 332 g/mol. The second-order valence-corrected chi connectivity index (χ2v) is 5.09. The molecule has 1 N–H and O–H groups in total. The molecule has 0 saturated heterocycles. The lowest BCUT2D eigenvalue weighted by molar-refractivity contribution is 0.280. The summed E-state index contributed by atoms with van der Waals surface area (Å²) >= 11 is 2.34. The molecule has 0 fully saturated rings. The number of nitrogens with zero attached hydrogens (tertiary/aromatic N) is 1. The van der Waals surface area contributed by atoms with E-state index in [1.807, 2.05) is 0 Å². The zero-order valence-electron chi connectivity index (χ0n) is 10.2. The standard InChI is InChI=1S/C13H21IN2/c1-3-15-9-10-16(4-2)11-12-5-7-13(14)8-6-12/h5-8,15H,3-4,9-11H2,1-2H3. The van der Waals surface area contributed by atoms with E-state index in [0.29, 0.717) is 0 Å². The highest BCUT2D eigenvalue weighted by molar-refractivity contribution is 14.1. The molecule has 0 aliphatic rings. The Labute approximate surface area is 113 Å². The maximum absolute atomic E-state index is 3.37.